The molecule has 0 unspecified atom stereocenters. The minimum absolute atomic E-state index is 0. The van der Waals surface area contributed by atoms with Crippen LogP contribution in [-0.2, 0) is 29.1 Å². The largest absolute Gasteiger partial charge is 2.00 e. The molecule has 0 rings (SSSR count). The van der Waals surface area contributed by atoms with Gasteiger partial charge in [0.2, 0.25) is 0 Å². The minimum Gasteiger partial charge on any atom is -0.550 e. The van der Waals surface area contributed by atoms with Crippen molar-refractivity contribution in [1.82, 2.24) is 0 Å². The van der Waals surface area contributed by atoms with Gasteiger partial charge in [0.25, 0.3) is 0 Å². The molecule has 0 aliphatic rings. The Morgan fingerprint density at radius 1 is 0.322 bits per heavy atom. The molecule has 0 N–H and O–H groups in total. The van der Waals surface area contributed by atoms with E-state index in [0.29, 0.717) is 0 Å². The first kappa shape index (κ1) is 64.4. The molecule has 0 heterocycles. The number of aliphatic carboxylic acids is 2. The number of allylic oxidation sites excluding steroid dienone is 5. The molecule has 0 spiro atoms. The molecular weight excluding hydrogens is 778 g/mol. The van der Waals surface area contributed by atoms with Gasteiger partial charge >= 0.3 is 19.5 Å². The van der Waals surface area contributed by atoms with Crippen LogP contribution in [0.5, 0.6) is 0 Å². The fourth-order valence-electron chi connectivity index (χ4n) is 7.16. The van der Waals surface area contributed by atoms with Crippen LogP contribution < -0.4 is 10.2 Å². The Labute approximate surface area is 383 Å². The van der Waals surface area contributed by atoms with Crippen LogP contribution in [0, 0.1) is 0 Å². The van der Waals surface area contributed by atoms with E-state index >= 15 is 0 Å². The van der Waals surface area contributed by atoms with Gasteiger partial charge in [-0.2, -0.15) is 0 Å². The van der Waals surface area contributed by atoms with Crippen LogP contribution in [0.4, 0.5) is 0 Å². The van der Waals surface area contributed by atoms with Crippen molar-refractivity contribution in [2.24, 2.45) is 0 Å². The molecule has 0 saturated carbocycles. The number of carbonyl (C=O) groups excluding carboxylic acids is 2. The maximum Gasteiger partial charge on any atom is 2.00 e. The Morgan fingerprint density at radius 2 is 0.508 bits per heavy atom. The second-order valence-electron chi connectivity index (χ2n) is 17.1. The summed E-state index contributed by atoms with van der Waals surface area (Å²) in [5.74, 6) is -1.83. The van der Waals surface area contributed by atoms with Crippen LogP contribution in [0.1, 0.15) is 297 Å². The molecule has 0 aromatic carbocycles. The maximum atomic E-state index is 10.2. The first-order chi connectivity index (χ1) is 28.5. The number of hydrogen-bond donors (Lipinski definition) is 0. The summed E-state index contributed by atoms with van der Waals surface area (Å²) < 4.78 is 0. The molecule has 0 aromatic rings. The second kappa shape index (κ2) is 63.4. The molecule has 0 saturated heterocycles. The van der Waals surface area contributed by atoms with E-state index in [4.69, 9.17) is 0 Å². The van der Waals surface area contributed by atoms with Crippen LogP contribution in [0.3, 0.4) is 0 Å². The summed E-state index contributed by atoms with van der Waals surface area (Å²) in [6.07, 6.45) is 65.2. The average molecular weight is 881 g/mol. The zero-order valence-electron chi connectivity index (χ0n) is 40.3. The molecular formula is C54H102O4Zn. The molecule has 344 valence electrons. The smallest absolute Gasteiger partial charge is 0.550 e. The number of carboxylic acids is 2. The van der Waals surface area contributed by atoms with E-state index in [1.165, 1.54) is 225 Å². The van der Waals surface area contributed by atoms with Crippen molar-refractivity contribution in [3.63, 3.8) is 0 Å². The normalized spacial score (nSPS) is 10.9. The van der Waals surface area contributed by atoms with Gasteiger partial charge in [-0.15, -0.1) is 6.58 Å². The predicted octanol–water partition coefficient (Wildman–Crippen LogP) is 16.6. The Morgan fingerprint density at radius 3 is 0.712 bits per heavy atom. The summed E-state index contributed by atoms with van der Waals surface area (Å²) in [6, 6.07) is 0. The van der Waals surface area contributed by atoms with Gasteiger partial charge in [0.05, 0.1) is 0 Å². The molecule has 0 aliphatic carbocycles. The van der Waals surface area contributed by atoms with Crippen molar-refractivity contribution in [2.75, 3.05) is 0 Å². The molecule has 4 nitrogen and oxygen atoms in total. The van der Waals surface area contributed by atoms with Crippen LogP contribution >= 0.6 is 0 Å². The van der Waals surface area contributed by atoms with E-state index in [1.54, 1.807) is 0 Å². The monoisotopic (exact) mass is 879 g/mol. The Balaban J connectivity index is -0.000000382. The summed E-state index contributed by atoms with van der Waals surface area (Å²) in [4.78, 5) is 20.4. The number of hydrogen-bond acceptors (Lipinski definition) is 4. The third-order valence-corrected chi connectivity index (χ3v) is 11.0. The first-order valence-corrected chi connectivity index (χ1v) is 25.8. The summed E-state index contributed by atoms with van der Waals surface area (Å²) in [7, 11) is 0. The molecule has 59 heavy (non-hydrogen) atoms. The van der Waals surface area contributed by atoms with Gasteiger partial charge in [0.1, 0.15) is 0 Å². The molecule has 0 bridgehead atoms. The van der Waals surface area contributed by atoms with E-state index in [9.17, 15) is 19.8 Å². The van der Waals surface area contributed by atoms with Crippen molar-refractivity contribution in [3.05, 3.63) is 37.0 Å². The van der Waals surface area contributed by atoms with Crippen molar-refractivity contribution >= 4 is 11.9 Å². The van der Waals surface area contributed by atoms with Gasteiger partial charge < -0.3 is 19.8 Å². The zero-order valence-corrected chi connectivity index (χ0v) is 43.3. The third-order valence-electron chi connectivity index (χ3n) is 11.0. The standard InChI is InChI=1S/2C18H34O2.C18H36.Zn/c2*1-2-3-4-5-6-7-8-9-10-11-12-13-14-15-16-17-18(19)20;1-3-5-7-9-11-13-15-17-18-16-14-12-10-8-6-4-2;/h2*9-10H,2-8,11-17H2,1H3,(H,19,20);3H,1,4-18H2,2H3;/q;;;+2/p-2/b2*10-9-;;. The SMILES string of the molecule is C=CCCCCCCCCCCCCCCCC.CCCCCCCC/C=C\CCCCCCCC(=O)[O-].CCCCCCCC/C=C\CCCCCCCC(=O)[O-].[Zn+2]. The zero-order chi connectivity index (χ0) is 43.1. The van der Waals surface area contributed by atoms with E-state index in [2.05, 4.69) is 51.7 Å². The number of carboxylic acid groups (broad SMARTS) is 2. The van der Waals surface area contributed by atoms with Gasteiger partial charge in [0.15, 0.2) is 0 Å². The topological polar surface area (TPSA) is 80.3 Å². The van der Waals surface area contributed by atoms with Crippen LogP contribution in [0.25, 0.3) is 0 Å². The maximum absolute atomic E-state index is 10.2. The molecule has 0 aromatic heterocycles. The summed E-state index contributed by atoms with van der Waals surface area (Å²) in [5.41, 5.74) is 0. The van der Waals surface area contributed by atoms with Crippen molar-refractivity contribution in [1.29, 1.82) is 0 Å². The first-order valence-electron chi connectivity index (χ1n) is 25.8. The van der Waals surface area contributed by atoms with Crippen molar-refractivity contribution < 1.29 is 39.3 Å². The molecule has 0 fully saturated rings. The molecule has 0 atom stereocenters. The van der Waals surface area contributed by atoms with Crippen molar-refractivity contribution in [3.8, 4) is 0 Å². The molecule has 0 amide bonds. The predicted molar refractivity (Wildman–Crippen MR) is 254 cm³/mol. The second-order valence-corrected chi connectivity index (χ2v) is 17.1. The Hall–Kier alpha value is -1.22. The van der Waals surface area contributed by atoms with Crippen LogP contribution in [-0.4, -0.2) is 11.9 Å². The summed E-state index contributed by atoms with van der Waals surface area (Å²) in [6.45, 7) is 10.6. The van der Waals surface area contributed by atoms with Crippen molar-refractivity contribution in [2.45, 2.75) is 297 Å². The van der Waals surface area contributed by atoms with Gasteiger partial charge in [0, 0.05) is 11.9 Å². The average Bonchev–Trinajstić information content (AvgIpc) is 3.21. The van der Waals surface area contributed by atoms with Gasteiger partial charge in [-0.1, -0.05) is 237 Å². The van der Waals surface area contributed by atoms with Crippen LogP contribution in [0.15, 0.2) is 37.0 Å². The number of carbonyl (C=O) groups is 2. The molecule has 0 aliphatic heterocycles. The third kappa shape index (κ3) is 74.6. The van der Waals surface area contributed by atoms with Crippen LogP contribution in [0.2, 0.25) is 0 Å². The van der Waals surface area contributed by atoms with E-state index < -0.39 is 11.9 Å². The van der Waals surface area contributed by atoms with E-state index in [1.807, 2.05) is 6.08 Å². The molecule has 5 heteroatoms. The summed E-state index contributed by atoms with van der Waals surface area (Å²) >= 11 is 0. The quantitative estimate of drug-likeness (QED) is 0.0347. The Kier molecular flexibility index (Phi) is 69.2. The number of rotatable bonds is 45. The van der Waals surface area contributed by atoms with Gasteiger partial charge in [-0.05, 0) is 89.9 Å². The van der Waals surface area contributed by atoms with E-state index in [0.717, 1.165) is 38.5 Å². The fraction of sp³-hybridized carbons (Fsp3) is 0.852. The minimum atomic E-state index is -0.914. The molecule has 0 radical (unpaired) electrons. The fourth-order valence-corrected chi connectivity index (χ4v) is 7.16. The summed E-state index contributed by atoms with van der Waals surface area (Å²) in [5, 5.41) is 20.4. The number of unbranched alkanes of at least 4 members (excludes halogenated alkanes) is 36. The van der Waals surface area contributed by atoms with Gasteiger partial charge in [-0.3, -0.25) is 0 Å². The Bertz CT molecular complexity index is 788. The van der Waals surface area contributed by atoms with Gasteiger partial charge in [-0.25, -0.2) is 0 Å². The van der Waals surface area contributed by atoms with E-state index in [-0.39, 0.29) is 32.3 Å².